The molecule has 0 amide bonds. The molecule has 0 aromatic heterocycles. The van der Waals surface area contributed by atoms with Gasteiger partial charge >= 0.3 is 5.97 Å². The molecule has 1 atom stereocenters. The Morgan fingerprint density at radius 1 is 1.32 bits per heavy atom. The second-order valence-electron chi connectivity index (χ2n) is 5.76. The fraction of sp³-hybridized carbons (Fsp3) is 0.933. The van der Waals surface area contributed by atoms with Gasteiger partial charge in [-0.25, -0.2) is 0 Å². The van der Waals surface area contributed by atoms with E-state index in [1.54, 1.807) is 7.05 Å². The lowest BCUT2D eigenvalue weighted by molar-refractivity contribution is -0.148. The van der Waals surface area contributed by atoms with Gasteiger partial charge in [0, 0.05) is 13.2 Å². The molecule has 1 aliphatic carbocycles. The molecule has 0 heterocycles. The smallest absolute Gasteiger partial charge is 0.325 e. The van der Waals surface area contributed by atoms with Crippen LogP contribution in [0.4, 0.5) is 0 Å². The fourth-order valence-corrected chi connectivity index (χ4v) is 2.69. The minimum Gasteiger partial charge on any atom is -0.468 e. The first kappa shape index (κ1) is 16.4. The van der Waals surface area contributed by atoms with Crippen LogP contribution in [-0.4, -0.2) is 38.9 Å². The molecule has 4 nitrogen and oxygen atoms in total. The van der Waals surface area contributed by atoms with E-state index in [9.17, 15) is 4.79 Å². The largest absolute Gasteiger partial charge is 0.468 e. The van der Waals surface area contributed by atoms with Crippen molar-refractivity contribution in [2.24, 2.45) is 5.92 Å². The first-order valence-electron chi connectivity index (χ1n) is 7.47. The second kappa shape index (κ2) is 8.54. The maximum Gasteiger partial charge on any atom is 0.325 e. The van der Waals surface area contributed by atoms with Gasteiger partial charge in [-0.05, 0) is 45.6 Å². The van der Waals surface area contributed by atoms with Gasteiger partial charge in [0.05, 0.1) is 7.11 Å². The number of likely N-dealkylation sites (N-methyl/N-ethyl adjacent to an activating group) is 1. The van der Waals surface area contributed by atoms with E-state index in [1.165, 1.54) is 39.2 Å². The van der Waals surface area contributed by atoms with E-state index < -0.39 is 5.54 Å². The number of ether oxygens (including phenoxy) is 2. The molecular weight excluding hydrogens is 242 g/mol. The minimum absolute atomic E-state index is 0.206. The van der Waals surface area contributed by atoms with Gasteiger partial charge in [0.2, 0.25) is 0 Å². The molecule has 112 valence electrons. The third-order valence-corrected chi connectivity index (χ3v) is 4.23. The van der Waals surface area contributed by atoms with Crippen molar-refractivity contribution >= 4 is 5.97 Å². The van der Waals surface area contributed by atoms with Gasteiger partial charge in [-0.15, -0.1) is 0 Å². The van der Waals surface area contributed by atoms with E-state index in [1.807, 2.05) is 6.92 Å². The summed E-state index contributed by atoms with van der Waals surface area (Å²) in [6.07, 6.45) is 8.34. The predicted molar refractivity (Wildman–Crippen MR) is 76.1 cm³/mol. The average Bonchev–Trinajstić information content (AvgIpc) is 2.46. The highest BCUT2D eigenvalue weighted by Gasteiger charge is 2.31. The number of hydrogen-bond donors (Lipinski definition) is 1. The third kappa shape index (κ3) is 5.49. The Morgan fingerprint density at radius 2 is 2.00 bits per heavy atom. The van der Waals surface area contributed by atoms with Crippen LogP contribution in [0.3, 0.4) is 0 Å². The zero-order valence-electron chi connectivity index (χ0n) is 12.7. The van der Waals surface area contributed by atoms with E-state index in [0.717, 1.165) is 32.0 Å². The number of hydrogen-bond acceptors (Lipinski definition) is 4. The Balaban J connectivity index is 2.13. The van der Waals surface area contributed by atoms with Crippen LogP contribution in [-0.2, 0) is 14.3 Å². The van der Waals surface area contributed by atoms with Crippen LogP contribution in [0.2, 0.25) is 0 Å². The molecule has 0 aliphatic heterocycles. The normalized spacial score (nSPS) is 19.9. The van der Waals surface area contributed by atoms with Crippen molar-refractivity contribution in [1.29, 1.82) is 0 Å². The number of carbonyl (C=O) groups excluding carboxylic acids is 1. The standard InChI is InChI=1S/C15H29NO3/c1-15(16-2,14(17)18-3)10-7-11-19-12-13-8-5-4-6-9-13/h13,16H,4-12H2,1-3H3. The lowest BCUT2D eigenvalue weighted by atomic mass is 9.90. The first-order chi connectivity index (χ1) is 9.12. The average molecular weight is 271 g/mol. The summed E-state index contributed by atoms with van der Waals surface area (Å²) >= 11 is 0. The summed E-state index contributed by atoms with van der Waals surface area (Å²) in [6, 6.07) is 0. The quantitative estimate of drug-likeness (QED) is 0.544. The molecule has 1 aliphatic rings. The van der Waals surface area contributed by atoms with Crippen LogP contribution < -0.4 is 5.32 Å². The minimum atomic E-state index is -0.594. The van der Waals surface area contributed by atoms with Gasteiger partial charge in [0.1, 0.15) is 5.54 Å². The summed E-state index contributed by atoms with van der Waals surface area (Å²) in [5, 5.41) is 3.04. The topological polar surface area (TPSA) is 47.6 Å². The number of methoxy groups -OCH3 is 1. The molecule has 4 heteroatoms. The van der Waals surface area contributed by atoms with Gasteiger partial charge in [0.25, 0.3) is 0 Å². The summed E-state index contributed by atoms with van der Waals surface area (Å²) in [7, 11) is 3.22. The molecule has 0 aromatic rings. The Kier molecular flexibility index (Phi) is 7.39. The third-order valence-electron chi connectivity index (χ3n) is 4.23. The molecule has 1 unspecified atom stereocenters. The van der Waals surface area contributed by atoms with Crippen LogP contribution >= 0.6 is 0 Å². The Labute approximate surface area is 117 Å². The van der Waals surface area contributed by atoms with E-state index in [0.29, 0.717) is 0 Å². The monoisotopic (exact) mass is 271 g/mol. The van der Waals surface area contributed by atoms with Crippen molar-refractivity contribution in [3.05, 3.63) is 0 Å². The Morgan fingerprint density at radius 3 is 2.58 bits per heavy atom. The lowest BCUT2D eigenvalue weighted by Gasteiger charge is -2.26. The van der Waals surface area contributed by atoms with Crippen LogP contribution in [0.25, 0.3) is 0 Å². The van der Waals surface area contributed by atoms with Crippen molar-refractivity contribution in [3.8, 4) is 0 Å². The lowest BCUT2D eigenvalue weighted by Crippen LogP contribution is -2.48. The van der Waals surface area contributed by atoms with Crippen LogP contribution in [0.5, 0.6) is 0 Å². The van der Waals surface area contributed by atoms with Crippen LogP contribution in [0.15, 0.2) is 0 Å². The van der Waals surface area contributed by atoms with Crippen molar-refractivity contribution in [3.63, 3.8) is 0 Å². The van der Waals surface area contributed by atoms with E-state index in [4.69, 9.17) is 9.47 Å². The van der Waals surface area contributed by atoms with Gasteiger partial charge in [-0.2, -0.15) is 0 Å². The zero-order valence-corrected chi connectivity index (χ0v) is 12.7. The number of esters is 1. The summed E-state index contributed by atoms with van der Waals surface area (Å²) in [6.45, 7) is 3.49. The molecule has 0 spiro atoms. The maximum absolute atomic E-state index is 11.7. The van der Waals surface area contributed by atoms with Gasteiger partial charge in [-0.1, -0.05) is 19.3 Å². The number of carbonyl (C=O) groups is 1. The van der Waals surface area contributed by atoms with Gasteiger partial charge < -0.3 is 14.8 Å². The Hall–Kier alpha value is -0.610. The number of rotatable bonds is 8. The summed E-state index contributed by atoms with van der Waals surface area (Å²) in [4.78, 5) is 11.7. The molecule has 1 saturated carbocycles. The van der Waals surface area contributed by atoms with Crippen LogP contribution in [0.1, 0.15) is 51.9 Å². The molecule has 0 aromatic carbocycles. The SMILES string of the molecule is CNC(C)(CCCOCC1CCCCC1)C(=O)OC. The van der Waals surface area contributed by atoms with E-state index in [2.05, 4.69) is 5.32 Å². The zero-order chi connectivity index (χ0) is 14.1. The van der Waals surface area contributed by atoms with Crippen molar-refractivity contribution in [2.45, 2.75) is 57.4 Å². The molecule has 19 heavy (non-hydrogen) atoms. The highest BCUT2D eigenvalue weighted by Crippen LogP contribution is 2.23. The molecule has 0 saturated heterocycles. The molecular formula is C15H29NO3. The van der Waals surface area contributed by atoms with Gasteiger partial charge in [-0.3, -0.25) is 4.79 Å². The van der Waals surface area contributed by atoms with Gasteiger partial charge in [0.15, 0.2) is 0 Å². The highest BCUT2D eigenvalue weighted by molar-refractivity contribution is 5.80. The molecule has 1 rings (SSSR count). The van der Waals surface area contributed by atoms with Crippen molar-refractivity contribution in [2.75, 3.05) is 27.4 Å². The van der Waals surface area contributed by atoms with E-state index in [-0.39, 0.29) is 5.97 Å². The van der Waals surface area contributed by atoms with Crippen LogP contribution in [0, 0.1) is 5.92 Å². The number of nitrogens with one attached hydrogen (secondary N) is 1. The molecule has 0 bridgehead atoms. The fourth-order valence-electron chi connectivity index (χ4n) is 2.69. The first-order valence-corrected chi connectivity index (χ1v) is 7.47. The molecule has 1 fully saturated rings. The maximum atomic E-state index is 11.7. The predicted octanol–water partition coefficient (Wildman–Crippen LogP) is 2.51. The second-order valence-corrected chi connectivity index (χ2v) is 5.76. The highest BCUT2D eigenvalue weighted by atomic mass is 16.5. The van der Waals surface area contributed by atoms with Crippen molar-refractivity contribution < 1.29 is 14.3 Å². The molecule has 1 N–H and O–H groups in total. The summed E-state index contributed by atoms with van der Waals surface area (Å²) in [5.74, 6) is 0.548. The Bertz CT molecular complexity index is 264. The molecule has 0 radical (unpaired) electrons. The van der Waals surface area contributed by atoms with Crippen molar-refractivity contribution in [1.82, 2.24) is 5.32 Å². The van der Waals surface area contributed by atoms with E-state index >= 15 is 0 Å². The summed E-state index contributed by atoms with van der Waals surface area (Å²) < 4.78 is 10.6. The summed E-state index contributed by atoms with van der Waals surface area (Å²) in [5.41, 5.74) is -0.594.